The summed E-state index contributed by atoms with van der Waals surface area (Å²) in [5.74, 6) is -0.543. The third kappa shape index (κ3) is 3.59. The second-order valence-electron chi connectivity index (χ2n) is 6.81. The van der Waals surface area contributed by atoms with Gasteiger partial charge in [0, 0.05) is 5.41 Å². The number of likely N-dealkylation sites (tertiary alicyclic amines) is 1. The molecule has 6 nitrogen and oxygen atoms in total. The number of esters is 1. The van der Waals surface area contributed by atoms with Crippen molar-refractivity contribution in [2.24, 2.45) is 5.41 Å². The molecule has 1 aliphatic heterocycles. The number of carbonyl (C=O) groups is 2. The minimum Gasteiger partial charge on any atom is -0.467 e. The molecule has 0 aromatic heterocycles. The van der Waals surface area contributed by atoms with Gasteiger partial charge < -0.3 is 9.47 Å². The van der Waals surface area contributed by atoms with E-state index in [1.165, 1.54) is 12.0 Å². The van der Waals surface area contributed by atoms with E-state index < -0.39 is 35.2 Å². The molecule has 3 atom stereocenters. The van der Waals surface area contributed by atoms with Gasteiger partial charge in [-0.05, 0) is 33.6 Å². The van der Waals surface area contributed by atoms with Crippen LogP contribution in [0.15, 0.2) is 12.7 Å². The Bertz CT molecular complexity index is 503. The van der Waals surface area contributed by atoms with Crippen LogP contribution in [0.2, 0.25) is 0 Å². The van der Waals surface area contributed by atoms with E-state index in [0.29, 0.717) is 12.8 Å². The van der Waals surface area contributed by atoms with Gasteiger partial charge in [0.1, 0.15) is 17.7 Å². The molecular formula is C16H24N2O4. The zero-order valence-electron chi connectivity index (χ0n) is 13.9. The number of carbonyl (C=O) groups excluding carboxylic acids is 2. The largest absolute Gasteiger partial charge is 0.467 e. The van der Waals surface area contributed by atoms with Gasteiger partial charge >= 0.3 is 12.1 Å². The molecule has 1 heterocycles. The summed E-state index contributed by atoms with van der Waals surface area (Å²) in [5, 5.41) is 9.53. The number of rotatable bonds is 3. The summed E-state index contributed by atoms with van der Waals surface area (Å²) < 4.78 is 10.1. The fourth-order valence-electron chi connectivity index (χ4n) is 2.79. The lowest BCUT2D eigenvalue weighted by Gasteiger charge is -2.31. The Balaban J connectivity index is 3.21. The van der Waals surface area contributed by atoms with Crippen LogP contribution in [0.4, 0.5) is 4.79 Å². The van der Waals surface area contributed by atoms with Gasteiger partial charge in [0.15, 0.2) is 0 Å². The van der Waals surface area contributed by atoms with Crippen LogP contribution in [0, 0.1) is 16.7 Å². The number of hydrogen-bond acceptors (Lipinski definition) is 5. The number of methoxy groups -OCH3 is 1. The van der Waals surface area contributed by atoms with Gasteiger partial charge in [-0.1, -0.05) is 13.0 Å². The van der Waals surface area contributed by atoms with Crippen molar-refractivity contribution < 1.29 is 19.1 Å². The average Bonchev–Trinajstić information content (AvgIpc) is 2.69. The molecule has 0 saturated carbocycles. The third-order valence-corrected chi connectivity index (χ3v) is 3.74. The lowest BCUT2D eigenvalue weighted by atomic mass is 9.79. The zero-order chi connectivity index (χ0) is 17.1. The first kappa shape index (κ1) is 18.0. The molecule has 0 aromatic rings. The highest BCUT2D eigenvalue weighted by Crippen LogP contribution is 2.44. The number of allylic oxidation sites excluding steroid dienone is 1. The molecule has 122 valence electrons. The van der Waals surface area contributed by atoms with Crippen molar-refractivity contribution in [3.63, 3.8) is 0 Å². The molecule has 0 N–H and O–H groups in total. The van der Waals surface area contributed by atoms with Crippen molar-refractivity contribution in [2.45, 2.75) is 58.2 Å². The second-order valence-corrected chi connectivity index (χ2v) is 6.81. The summed E-state index contributed by atoms with van der Waals surface area (Å²) in [7, 11) is 1.26. The molecule has 1 rings (SSSR count). The van der Waals surface area contributed by atoms with E-state index in [1.807, 2.05) is 6.92 Å². The van der Waals surface area contributed by atoms with E-state index >= 15 is 0 Å². The smallest absolute Gasteiger partial charge is 0.412 e. The molecule has 1 aliphatic rings. The maximum Gasteiger partial charge on any atom is 0.412 e. The Kier molecular flexibility index (Phi) is 5.23. The molecule has 1 unspecified atom stereocenters. The number of amides is 1. The lowest BCUT2D eigenvalue weighted by Crippen LogP contribution is -2.48. The zero-order valence-corrected chi connectivity index (χ0v) is 13.9. The Labute approximate surface area is 131 Å². The van der Waals surface area contributed by atoms with Gasteiger partial charge in [0.2, 0.25) is 0 Å². The van der Waals surface area contributed by atoms with E-state index in [2.05, 4.69) is 12.6 Å². The molecule has 1 amide bonds. The highest BCUT2D eigenvalue weighted by atomic mass is 16.6. The summed E-state index contributed by atoms with van der Waals surface area (Å²) in [6, 6.07) is 0.536. The van der Waals surface area contributed by atoms with Gasteiger partial charge in [0.05, 0.1) is 13.2 Å². The maximum atomic E-state index is 12.5. The number of hydrogen-bond donors (Lipinski definition) is 0. The monoisotopic (exact) mass is 308 g/mol. The van der Waals surface area contributed by atoms with E-state index in [0.717, 1.165) is 0 Å². The van der Waals surface area contributed by atoms with E-state index in [1.54, 1.807) is 26.8 Å². The van der Waals surface area contributed by atoms with E-state index in [-0.39, 0.29) is 0 Å². The van der Waals surface area contributed by atoms with Crippen LogP contribution in [0.5, 0.6) is 0 Å². The summed E-state index contributed by atoms with van der Waals surface area (Å²) in [4.78, 5) is 25.7. The molecule has 0 aliphatic carbocycles. The predicted molar refractivity (Wildman–Crippen MR) is 80.8 cm³/mol. The number of nitrogens with zero attached hydrogens (tertiary/aromatic N) is 2. The average molecular weight is 308 g/mol. The first-order valence-corrected chi connectivity index (χ1v) is 7.19. The topological polar surface area (TPSA) is 79.6 Å². The van der Waals surface area contributed by atoms with Crippen molar-refractivity contribution in [3.05, 3.63) is 12.7 Å². The van der Waals surface area contributed by atoms with E-state index in [4.69, 9.17) is 9.47 Å². The van der Waals surface area contributed by atoms with Gasteiger partial charge in [0.25, 0.3) is 0 Å². The minimum absolute atomic E-state index is 0.336. The summed E-state index contributed by atoms with van der Waals surface area (Å²) >= 11 is 0. The standard InChI is InChI=1S/C16H24N2O4/c1-7-8-16(5)9-11(13(19)21-6)18(12(16)10-17)14(20)22-15(2,3)4/h7,11-12H,1,8-9H2,2-6H3/t11-,12?,16+/m0/s1. The molecule has 1 saturated heterocycles. The molecule has 0 spiro atoms. The Morgan fingerprint density at radius 1 is 1.50 bits per heavy atom. The summed E-state index contributed by atoms with van der Waals surface area (Å²) in [6.45, 7) is 10.8. The van der Waals surface area contributed by atoms with Gasteiger partial charge in [-0.15, -0.1) is 6.58 Å². The van der Waals surface area contributed by atoms with Crippen LogP contribution in [-0.2, 0) is 14.3 Å². The molecule has 0 radical (unpaired) electrons. The van der Waals surface area contributed by atoms with Gasteiger partial charge in [-0.2, -0.15) is 5.26 Å². The lowest BCUT2D eigenvalue weighted by molar-refractivity contribution is -0.146. The van der Waals surface area contributed by atoms with Crippen LogP contribution in [0.3, 0.4) is 0 Å². The highest BCUT2D eigenvalue weighted by Gasteiger charge is 2.55. The molecule has 1 fully saturated rings. The first-order chi connectivity index (χ1) is 10.1. The van der Waals surface area contributed by atoms with Crippen LogP contribution < -0.4 is 0 Å². The fourth-order valence-corrected chi connectivity index (χ4v) is 2.79. The first-order valence-electron chi connectivity index (χ1n) is 7.19. The molecule has 0 bridgehead atoms. The van der Waals surface area contributed by atoms with Gasteiger partial charge in [-0.3, -0.25) is 4.90 Å². The number of ether oxygens (including phenoxy) is 2. The second kappa shape index (κ2) is 6.39. The molecule has 0 aromatic carbocycles. The minimum atomic E-state index is -0.825. The quantitative estimate of drug-likeness (QED) is 0.591. The van der Waals surface area contributed by atoms with Crippen molar-refractivity contribution in [3.8, 4) is 6.07 Å². The fraction of sp³-hybridized carbons (Fsp3) is 0.688. The molecule has 6 heteroatoms. The van der Waals surface area contributed by atoms with Crippen LogP contribution in [0.25, 0.3) is 0 Å². The third-order valence-electron chi connectivity index (χ3n) is 3.74. The predicted octanol–water partition coefficient (Wildman–Crippen LogP) is 2.64. The summed E-state index contributed by atoms with van der Waals surface area (Å²) in [5.41, 5.74) is -1.28. The van der Waals surface area contributed by atoms with Crippen LogP contribution >= 0.6 is 0 Å². The Morgan fingerprint density at radius 2 is 2.09 bits per heavy atom. The SMILES string of the molecule is C=CC[C@]1(C)C[C@@H](C(=O)OC)N(C(=O)OC(C)(C)C)C1C#N. The summed E-state index contributed by atoms with van der Waals surface area (Å²) in [6.07, 6.45) is 1.86. The molecule has 22 heavy (non-hydrogen) atoms. The highest BCUT2D eigenvalue weighted by molar-refractivity contribution is 5.83. The Morgan fingerprint density at radius 3 is 2.50 bits per heavy atom. The van der Waals surface area contributed by atoms with Crippen molar-refractivity contribution >= 4 is 12.1 Å². The van der Waals surface area contributed by atoms with Crippen molar-refractivity contribution in [1.82, 2.24) is 4.90 Å². The van der Waals surface area contributed by atoms with Crippen molar-refractivity contribution in [2.75, 3.05) is 7.11 Å². The van der Waals surface area contributed by atoms with Crippen LogP contribution in [-0.4, -0.2) is 41.8 Å². The van der Waals surface area contributed by atoms with Crippen molar-refractivity contribution in [1.29, 1.82) is 5.26 Å². The normalized spacial score (nSPS) is 27.9. The van der Waals surface area contributed by atoms with E-state index in [9.17, 15) is 14.9 Å². The van der Waals surface area contributed by atoms with Gasteiger partial charge in [-0.25, -0.2) is 9.59 Å². The number of nitriles is 1. The maximum absolute atomic E-state index is 12.5. The molecular weight excluding hydrogens is 284 g/mol. The Hall–Kier alpha value is -2.03. The van der Waals surface area contributed by atoms with Crippen LogP contribution in [0.1, 0.15) is 40.5 Å².